The summed E-state index contributed by atoms with van der Waals surface area (Å²) >= 11 is 0. The summed E-state index contributed by atoms with van der Waals surface area (Å²) in [4.78, 5) is 16.7. The molecule has 1 aromatic carbocycles. The molecule has 3 aromatic rings. The number of imidazole rings is 1. The summed E-state index contributed by atoms with van der Waals surface area (Å²) in [5.74, 6) is 0.580. The first-order chi connectivity index (χ1) is 11.7. The zero-order valence-electron chi connectivity index (χ0n) is 13.0. The SMILES string of the molecule is O=C(Nc1ccc(-c2ccco2)cc1F)c1cn2c(n1)CCCC2. The van der Waals surface area contributed by atoms with Gasteiger partial charge in [0, 0.05) is 24.7 Å². The first-order valence-electron chi connectivity index (χ1n) is 7.91. The number of nitrogens with one attached hydrogen (secondary N) is 1. The highest BCUT2D eigenvalue weighted by Crippen LogP contribution is 2.25. The van der Waals surface area contributed by atoms with Crippen LogP contribution in [0.25, 0.3) is 11.3 Å². The van der Waals surface area contributed by atoms with Crippen molar-refractivity contribution >= 4 is 11.6 Å². The number of aryl methyl sites for hydroxylation is 2. The van der Waals surface area contributed by atoms with Crippen LogP contribution in [0.15, 0.2) is 47.2 Å². The Balaban J connectivity index is 1.54. The number of furan rings is 1. The molecule has 1 amide bonds. The lowest BCUT2D eigenvalue weighted by atomic mass is 10.1. The second-order valence-electron chi connectivity index (χ2n) is 5.82. The number of carbonyl (C=O) groups excluding carboxylic acids is 1. The monoisotopic (exact) mass is 325 g/mol. The number of amides is 1. The molecular weight excluding hydrogens is 309 g/mol. The summed E-state index contributed by atoms with van der Waals surface area (Å²) in [6.07, 6.45) is 6.32. The van der Waals surface area contributed by atoms with E-state index in [9.17, 15) is 9.18 Å². The topological polar surface area (TPSA) is 60.1 Å². The van der Waals surface area contributed by atoms with Gasteiger partial charge in [0.1, 0.15) is 23.1 Å². The zero-order valence-corrected chi connectivity index (χ0v) is 13.0. The number of aromatic nitrogens is 2. The minimum Gasteiger partial charge on any atom is -0.464 e. The molecule has 0 spiro atoms. The predicted octanol–water partition coefficient (Wildman–Crippen LogP) is 3.87. The number of nitrogens with zero attached hydrogens (tertiary/aromatic N) is 2. The molecule has 1 aliphatic rings. The Morgan fingerprint density at radius 3 is 2.96 bits per heavy atom. The minimum atomic E-state index is -0.513. The third-order valence-electron chi connectivity index (χ3n) is 4.16. The Labute approximate surface area is 138 Å². The lowest BCUT2D eigenvalue weighted by Gasteiger charge is -2.11. The predicted molar refractivity (Wildman–Crippen MR) is 87.2 cm³/mol. The Morgan fingerprint density at radius 1 is 1.29 bits per heavy atom. The van der Waals surface area contributed by atoms with Gasteiger partial charge in [-0.05, 0) is 43.2 Å². The lowest BCUT2D eigenvalue weighted by Crippen LogP contribution is -2.13. The average molecular weight is 325 g/mol. The number of halogens is 1. The Morgan fingerprint density at radius 2 is 2.21 bits per heavy atom. The van der Waals surface area contributed by atoms with Crippen LogP contribution in [0.1, 0.15) is 29.2 Å². The minimum absolute atomic E-state index is 0.126. The van der Waals surface area contributed by atoms with Crippen molar-refractivity contribution in [3.63, 3.8) is 0 Å². The van der Waals surface area contributed by atoms with Gasteiger partial charge in [-0.2, -0.15) is 0 Å². The van der Waals surface area contributed by atoms with Gasteiger partial charge in [0.15, 0.2) is 0 Å². The van der Waals surface area contributed by atoms with Crippen molar-refractivity contribution in [1.82, 2.24) is 9.55 Å². The van der Waals surface area contributed by atoms with E-state index in [0.29, 0.717) is 17.0 Å². The van der Waals surface area contributed by atoms with E-state index in [1.54, 1.807) is 24.4 Å². The molecule has 1 aliphatic heterocycles. The van der Waals surface area contributed by atoms with Crippen LogP contribution in [0.2, 0.25) is 0 Å². The number of fused-ring (bicyclic) bond motifs is 1. The highest BCUT2D eigenvalue weighted by atomic mass is 19.1. The largest absolute Gasteiger partial charge is 0.464 e. The van der Waals surface area contributed by atoms with Gasteiger partial charge >= 0.3 is 0 Å². The molecule has 0 radical (unpaired) electrons. The molecule has 6 heteroatoms. The van der Waals surface area contributed by atoms with E-state index in [-0.39, 0.29) is 5.69 Å². The van der Waals surface area contributed by atoms with E-state index in [2.05, 4.69) is 10.3 Å². The number of hydrogen-bond acceptors (Lipinski definition) is 3. The molecule has 0 unspecified atom stereocenters. The molecule has 4 rings (SSSR count). The second-order valence-corrected chi connectivity index (χ2v) is 5.82. The van der Waals surface area contributed by atoms with Crippen molar-refractivity contribution in [3.8, 4) is 11.3 Å². The van der Waals surface area contributed by atoms with Crippen LogP contribution in [-0.2, 0) is 13.0 Å². The van der Waals surface area contributed by atoms with E-state index in [1.807, 2.05) is 4.57 Å². The first kappa shape index (κ1) is 14.7. The quantitative estimate of drug-likeness (QED) is 0.795. The van der Waals surface area contributed by atoms with Gasteiger partial charge in [-0.15, -0.1) is 0 Å². The first-order valence-corrected chi connectivity index (χ1v) is 7.91. The molecule has 0 bridgehead atoms. The number of hydrogen-bond donors (Lipinski definition) is 1. The van der Waals surface area contributed by atoms with Gasteiger partial charge in [0.05, 0.1) is 12.0 Å². The standard InChI is InChI=1S/C18H16FN3O2/c19-13-10-12(16-4-3-9-24-16)6-7-14(13)21-18(23)15-11-22-8-2-1-5-17(22)20-15/h3-4,6-7,9-11H,1-2,5,8H2,(H,21,23). The maximum atomic E-state index is 14.3. The van der Waals surface area contributed by atoms with Crippen LogP contribution >= 0.6 is 0 Å². The van der Waals surface area contributed by atoms with Gasteiger partial charge in [-0.25, -0.2) is 9.37 Å². The van der Waals surface area contributed by atoms with Crippen LogP contribution < -0.4 is 5.32 Å². The van der Waals surface area contributed by atoms with E-state index in [0.717, 1.165) is 31.6 Å². The van der Waals surface area contributed by atoms with Crippen LogP contribution in [0.4, 0.5) is 10.1 Å². The summed E-state index contributed by atoms with van der Waals surface area (Å²) in [5.41, 5.74) is 1.07. The molecule has 0 atom stereocenters. The molecule has 122 valence electrons. The normalized spacial score (nSPS) is 13.5. The van der Waals surface area contributed by atoms with Gasteiger partial charge in [0.25, 0.3) is 5.91 Å². The molecule has 0 saturated heterocycles. The Bertz CT molecular complexity index is 860. The van der Waals surface area contributed by atoms with Crippen molar-refractivity contribution < 1.29 is 13.6 Å². The molecule has 0 fully saturated rings. The molecule has 24 heavy (non-hydrogen) atoms. The second kappa shape index (κ2) is 5.96. The van der Waals surface area contributed by atoms with Crippen LogP contribution in [0.3, 0.4) is 0 Å². The van der Waals surface area contributed by atoms with Crippen LogP contribution in [-0.4, -0.2) is 15.5 Å². The molecular formula is C18H16FN3O2. The van der Waals surface area contributed by atoms with Crippen molar-refractivity contribution in [2.75, 3.05) is 5.32 Å². The van der Waals surface area contributed by atoms with E-state index in [4.69, 9.17) is 4.42 Å². The summed E-state index contributed by atoms with van der Waals surface area (Å²) in [6, 6.07) is 8.07. The smallest absolute Gasteiger partial charge is 0.275 e. The summed E-state index contributed by atoms with van der Waals surface area (Å²) in [6.45, 7) is 0.877. The average Bonchev–Trinajstić information content (AvgIpc) is 3.26. The maximum absolute atomic E-state index is 14.3. The Kier molecular flexibility index (Phi) is 3.65. The fraction of sp³-hybridized carbons (Fsp3) is 0.222. The van der Waals surface area contributed by atoms with Crippen LogP contribution in [0.5, 0.6) is 0 Å². The lowest BCUT2D eigenvalue weighted by molar-refractivity contribution is 0.102. The van der Waals surface area contributed by atoms with Gasteiger partial charge < -0.3 is 14.3 Å². The number of rotatable bonds is 3. The fourth-order valence-corrected chi connectivity index (χ4v) is 2.92. The number of carbonyl (C=O) groups is 1. The Hall–Kier alpha value is -2.89. The van der Waals surface area contributed by atoms with Gasteiger partial charge in [-0.1, -0.05) is 0 Å². The molecule has 3 heterocycles. The summed E-state index contributed by atoms with van der Waals surface area (Å²) in [7, 11) is 0. The molecule has 1 N–H and O–H groups in total. The molecule has 5 nitrogen and oxygen atoms in total. The van der Waals surface area contributed by atoms with Gasteiger partial charge in [-0.3, -0.25) is 4.79 Å². The van der Waals surface area contributed by atoms with Crippen molar-refractivity contribution in [2.45, 2.75) is 25.8 Å². The van der Waals surface area contributed by atoms with E-state index >= 15 is 0 Å². The highest BCUT2D eigenvalue weighted by molar-refractivity contribution is 6.03. The van der Waals surface area contributed by atoms with Crippen LogP contribution in [0, 0.1) is 5.82 Å². The number of anilines is 1. The third kappa shape index (κ3) is 2.71. The van der Waals surface area contributed by atoms with Crippen molar-refractivity contribution in [1.29, 1.82) is 0 Å². The molecule has 0 aliphatic carbocycles. The van der Waals surface area contributed by atoms with E-state index in [1.165, 1.54) is 18.4 Å². The third-order valence-corrected chi connectivity index (χ3v) is 4.16. The van der Waals surface area contributed by atoms with Crippen molar-refractivity contribution in [3.05, 3.63) is 60.1 Å². The maximum Gasteiger partial charge on any atom is 0.275 e. The van der Waals surface area contributed by atoms with Gasteiger partial charge in [0.2, 0.25) is 0 Å². The summed E-state index contributed by atoms with van der Waals surface area (Å²) in [5, 5.41) is 2.59. The zero-order chi connectivity index (χ0) is 16.5. The van der Waals surface area contributed by atoms with Crippen molar-refractivity contribution in [2.24, 2.45) is 0 Å². The summed E-state index contributed by atoms with van der Waals surface area (Å²) < 4.78 is 21.5. The fourth-order valence-electron chi connectivity index (χ4n) is 2.92. The van der Waals surface area contributed by atoms with E-state index < -0.39 is 11.7 Å². The highest BCUT2D eigenvalue weighted by Gasteiger charge is 2.18. The molecule has 0 saturated carbocycles. The number of benzene rings is 1. The molecule has 2 aromatic heterocycles.